The molecule has 0 aliphatic heterocycles. The summed E-state index contributed by atoms with van der Waals surface area (Å²) in [6.45, 7) is 3.29. The molecule has 0 unspecified atom stereocenters. The van der Waals surface area contributed by atoms with Crippen molar-refractivity contribution in [1.29, 1.82) is 0 Å². The molecule has 0 saturated carbocycles. The number of aromatic nitrogens is 2. The summed E-state index contributed by atoms with van der Waals surface area (Å²) in [7, 11) is -4.06. The van der Waals surface area contributed by atoms with Crippen LogP contribution in [0.1, 0.15) is 18.9 Å². The van der Waals surface area contributed by atoms with Gasteiger partial charge in [0.1, 0.15) is 12.4 Å². The third-order valence-electron chi connectivity index (χ3n) is 4.49. The van der Waals surface area contributed by atoms with E-state index in [-0.39, 0.29) is 81.1 Å². The number of amides is 1. The molecule has 12 heteroatoms. The topological polar surface area (TPSA) is 122 Å². The summed E-state index contributed by atoms with van der Waals surface area (Å²) in [5.74, 6) is 1.56. The summed E-state index contributed by atoms with van der Waals surface area (Å²) in [5, 5.41) is 5.70. The number of ether oxygens (including phenoxy) is 1. The van der Waals surface area contributed by atoms with Crippen LogP contribution in [-0.4, -0.2) is 82.3 Å². The second-order valence-electron chi connectivity index (χ2n) is 7.02. The van der Waals surface area contributed by atoms with E-state index in [0.29, 0.717) is 22.7 Å². The van der Waals surface area contributed by atoms with E-state index in [4.69, 9.17) is 11.2 Å². The fourth-order valence-electron chi connectivity index (χ4n) is 2.78. The van der Waals surface area contributed by atoms with Gasteiger partial charge in [-0.25, -0.2) is 22.5 Å². The Kier molecular flexibility index (Phi) is 10.6. The van der Waals surface area contributed by atoms with Crippen LogP contribution in [0, 0.1) is 25.1 Å². The number of benzene rings is 2. The Morgan fingerprint density at radius 2 is 1.83 bits per heavy atom. The molecule has 3 rings (SSSR count). The molecule has 0 bridgehead atoms. The van der Waals surface area contributed by atoms with Crippen LogP contribution in [-0.2, 0) is 14.8 Å². The van der Waals surface area contributed by atoms with E-state index in [1.54, 1.807) is 50.2 Å². The van der Waals surface area contributed by atoms with Crippen LogP contribution in [0.5, 0.6) is 5.75 Å². The minimum atomic E-state index is -4.06. The number of nitrogens with zero attached hydrogens (tertiary/aromatic N) is 2. The first-order valence-electron chi connectivity index (χ1n) is 10.1. The van der Waals surface area contributed by atoms with E-state index in [0.717, 1.165) is 6.20 Å². The van der Waals surface area contributed by atoms with Gasteiger partial charge in [-0.05, 0) is 48.9 Å². The zero-order chi connectivity index (χ0) is 24.7. The van der Waals surface area contributed by atoms with Crippen molar-refractivity contribution >= 4 is 90.5 Å². The van der Waals surface area contributed by atoms with Crippen LogP contribution in [0.4, 0.5) is 27.5 Å². The van der Waals surface area contributed by atoms with Gasteiger partial charge >= 0.3 is 51.4 Å². The van der Waals surface area contributed by atoms with Crippen molar-refractivity contribution < 1.29 is 22.3 Å². The molecule has 3 N–H and O–H groups in total. The summed E-state index contributed by atoms with van der Waals surface area (Å²) in [4.78, 5) is 19.5. The third kappa shape index (κ3) is 7.99. The van der Waals surface area contributed by atoms with E-state index in [9.17, 15) is 17.6 Å². The predicted octanol–water partition coefficient (Wildman–Crippen LogP) is 2.99. The number of halogens is 1. The molecule has 0 radical (unpaired) electrons. The van der Waals surface area contributed by atoms with Crippen molar-refractivity contribution in [2.45, 2.75) is 25.2 Å². The van der Waals surface area contributed by atoms with Crippen LogP contribution in [0.15, 0.2) is 53.6 Å². The summed E-state index contributed by atoms with van der Waals surface area (Å²) < 4.78 is 46.7. The number of rotatable bonds is 9. The van der Waals surface area contributed by atoms with Crippen molar-refractivity contribution in [2.24, 2.45) is 0 Å². The second-order valence-corrected chi connectivity index (χ2v) is 8.67. The maximum atomic E-state index is 14.3. The fourth-order valence-corrected chi connectivity index (χ4v) is 4.11. The van der Waals surface area contributed by atoms with Gasteiger partial charge in [0.25, 0.3) is 10.0 Å². The first-order chi connectivity index (χ1) is 16.2. The van der Waals surface area contributed by atoms with Gasteiger partial charge in [-0.15, -0.1) is 6.42 Å². The first kappa shape index (κ1) is 28.7. The Labute approximate surface area is 245 Å². The van der Waals surface area contributed by atoms with Crippen LogP contribution < -0.4 is 20.1 Å². The molecule has 0 atom stereocenters. The molecule has 35 heavy (non-hydrogen) atoms. The Bertz CT molecular complexity index is 1350. The van der Waals surface area contributed by atoms with Crippen LogP contribution in [0.3, 0.4) is 0 Å². The standard InChI is InChI=1S/C23H22FN5O4S.K.H/c1-4-12-33-18-10-8-16(9-11-18)26-22-19(24)14-25-23(28-22)27-17-7-6-15(3)20(13-17)34(31,32)29-21(30)5-2;;/h1,6-11,13-14H,5,12H2,2-3H3,(H,29,30)(H2,25,26,27,28);;. The molecule has 0 aliphatic rings. The molecule has 0 fully saturated rings. The van der Waals surface area contributed by atoms with Crippen molar-refractivity contribution in [3.05, 3.63) is 60.0 Å². The number of hydrogen-bond acceptors (Lipinski definition) is 8. The molecule has 3 aromatic rings. The van der Waals surface area contributed by atoms with Crippen LogP contribution >= 0.6 is 0 Å². The summed E-state index contributed by atoms with van der Waals surface area (Å²) >= 11 is 0. The van der Waals surface area contributed by atoms with Crippen LogP contribution in [0.2, 0.25) is 0 Å². The van der Waals surface area contributed by atoms with Gasteiger partial charge in [0.2, 0.25) is 11.9 Å². The first-order valence-corrected chi connectivity index (χ1v) is 11.6. The van der Waals surface area contributed by atoms with Crippen molar-refractivity contribution in [2.75, 3.05) is 17.2 Å². The second kappa shape index (κ2) is 13.0. The van der Waals surface area contributed by atoms with Gasteiger partial charge in [0.05, 0.1) is 11.1 Å². The zero-order valence-electron chi connectivity index (χ0n) is 18.4. The van der Waals surface area contributed by atoms with Gasteiger partial charge in [0.15, 0.2) is 11.6 Å². The zero-order valence-corrected chi connectivity index (χ0v) is 19.2. The Hall–Kier alpha value is -2.53. The SMILES string of the molecule is C#CCOc1ccc(Nc2nc(Nc3ccc(C)c(S(=O)(=O)NC(=O)CC)c3)ncc2F)cc1.[KH]. The number of sulfonamides is 1. The number of carbonyl (C=O) groups excluding carboxylic acids is 1. The maximum absolute atomic E-state index is 14.3. The minimum absolute atomic E-state index is 0. The number of hydrogen-bond donors (Lipinski definition) is 3. The summed E-state index contributed by atoms with van der Waals surface area (Å²) in [6, 6.07) is 11.2. The Balaban J connectivity index is 0.00000432. The van der Waals surface area contributed by atoms with Gasteiger partial charge in [-0.3, -0.25) is 4.79 Å². The van der Waals surface area contributed by atoms with E-state index in [2.05, 4.69) is 26.5 Å². The third-order valence-corrected chi connectivity index (χ3v) is 6.00. The molecule has 0 aliphatic carbocycles. The quantitative estimate of drug-likeness (QED) is 0.289. The van der Waals surface area contributed by atoms with Gasteiger partial charge in [-0.1, -0.05) is 18.9 Å². The molecule has 2 aromatic carbocycles. The normalized spacial score (nSPS) is 10.5. The number of aryl methyl sites for hydroxylation is 1. The fraction of sp³-hybridized carbons (Fsp3) is 0.174. The van der Waals surface area contributed by atoms with Gasteiger partial charge < -0.3 is 15.4 Å². The van der Waals surface area contributed by atoms with Crippen molar-refractivity contribution in [1.82, 2.24) is 14.7 Å². The molecule has 9 nitrogen and oxygen atoms in total. The average molecular weight is 524 g/mol. The number of nitrogens with one attached hydrogen (secondary N) is 3. The number of terminal acetylenes is 1. The monoisotopic (exact) mass is 523 g/mol. The van der Waals surface area contributed by atoms with E-state index < -0.39 is 21.7 Å². The predicted molar refractivity (Wildman–Crippen MR) is 133 cm³/mol. The molecular formula is C23H23FKN5O4S. The molecule has 0 spiro atoms. The van der Waals surface area contributed by atoms with E-state index in [1.807, 2.05) is 4.72 Å². The van der Waals surface area contributed by atoms with E-state index in [1.165, 1.54) is 6.07 Å². The molecule has 1 amide bonds. The average Bonchev–Trinajstić information content (AvgIpc) is 2.81. The summed E-state index contributed by atoms with van der Waals surface area (Å²) in [5.41, 5.74) is 1.33. The number of anilines is 4. The molecule has 1 aromatic heterocycles. The Morgan fingerprint density at radius 1 is 1.14 bits per heavy atom. The van der Waals surface area contributed by atoms with E-state index >= 15 is 0 Å². The van der Waals surface area contributed by atoms with Gasteiger partial charge in [0, 0.05) is 17.8 Å². The van der Waals surface area contributed by atoms with Crippen LogP contribution in [0.25, 0.3) is 0 Å². The molecule has 0 saturated heterocycles. The Morgan fingerprint density at radius 3 is 2.49 bits per heavy atom. The molecule has 1 heterocycles. The molecular weight excluding hydrogens is 500 g/mol. The van der Waals surface area contributed by atoms with Crippen molar-refractivity contribution in [3.63, 3.8) is 0 Å². The number of carbonyl (C=O) groups is 1. The molecule has 178 valence electrons. The van der Waals surface area contributed by atoms with Gasteiger partial charge in [-0.2, -0.15) is 4.98 Å². The summed E-state index contributed by atoms with van der Waals surface area (Å²) in [6.07, 6.45) is 6.17. The van der Waals surface area contributed by atoms with Crippen molar-refractivity contribution in [3.8, 4) is 18.1 Å².